The number of nitrogen functional groups attached to an aromatic ring is 1. The van der Waals surface area contributed by atoms with Gasteiger partial charge in [-0.05, 0) is 98.5 Å². The van der Waals surface area contributed by atoms with E-state index in [2.05, 4.69) is 31.2 Å². The first-order valence-electron chi connectivity index (χ1n) is 18.1. The zero-order valence-corrected chi connectivity index (χ0v) is 34.8. The number of hydrogen-bond donors (Lipinski definition) is 9. The lowest BCUT2D eigenvalue weighted by Crippen LogP contribution is -2.52. The van der Waals surface area contributed by atoms with Crippen LogP contribution in [0.4, 0.5) is 22.7 Å². The van der Waals surface area contributed by atoms with Gasteiger partial charge in [0.1, 0.15) is 6.04 Å². The predicted molar refractivity (Wildman–Crippen MR) is 230 cm³/mol. The molecule has 316 valence electrons. The zero-order chi connectivity index (χ0) is 45.8. The van der Waals surface area contributed by atoms with Crippen LogP contribution >= 0.6 is 23.2 Å². The molecule has 0 saturated carbocycles. The van der Waals surface area contributed by atoms with Gasteiger partial charge in [0.25, 0.3) is 17.7 Å². The van der Waals surface area contributed by atoms with Crippen LogP contribution < -0.4 is 32.8 Å². The van der Waals surface area contributed by atoms with Gasteiger partial charge >= 0.3 is 5.97 Å². The average molecular weight is 870 g/mol. The maximum absolute atomic E-state index is 12.6. The molecule has 4 aromatic rings. The molecule has 4 aromatic carbocycles. The van der Waals surface area contributed by atoms with Crippen LogP contribution in [-0.2, 0) is 22.4 Å². The molecular weight excluding hydrogens is 827 g/mol. The van der Waals surface area contributed by atoms with Gasteiger partial charge in [-0.2, -0.15) is 10.5 Å². The van der Waals surface area contributed by atoms with Crippen molar-refractivity contribution in [1.29, 1.82) is 10.5 Å². The fraction of sp³-hybridized carbons (Fsp3) is 0.238. The van der Waals surface area contributed by atoms with Crippen LogP contribution in [0, 0.1) is 35.8 Å². The minimum Gasteiger partial charge on any atom is -0.480 e. The summed E-state index contributed by atoms with van der Waals surface area (Å²) < 4.78 is 0. The number of aliphatic hydroxyl groups is 2. The number of nitrogens with two attached hydrogens (primary N) is 1. The molecule has 0 aliphatic rings. The Morgan fingerprint density at radius 3 is 1.41 bits per heavy atom. The van der Waals surface area contributed by atoms with Crippen molar-refractivity contribution in [2.45, 2.75) is 64.8 Å². The van der Waals surface area contributed by atoms with Crippen LogP contribution in [0.1, 0.15) is 70.7 Å². The molecule has 4 rings (SSSR count). The number of nitriles is 2. The predicted octanol–water partition coefficient (Wildman–Crippen LogP) is 5.81. The maximum atomic E-state index is 12.6. The number of hydrazine groups is 2. The Hall–Kier alpha value is -7.22. The number of aliphatic carboxylic acids is 1. The lowest BCUT2D eigenvalue weighted by molar-refractivity contribution is -0.140. The second kappa shape index (κ2) is 24.6. The Balaban J connectivity index is 0.000000351. The number of benzene rings is 4. The number of amides is 3. The number of hydrogen-bond acceptors (Lipinski definition) is 11. The highest BCUT2D eigenvalue weighted by atomic mass is 35.5. The van der Waals surface area contributed by atoms with Crippen LogP contribution in [0.15, 0.2) is 72.8 Å². The van der Waals surface area contributed by atoms with E-state index in [1.54, 1.807) is 36.4 Å². The van der Waals surface area contributed by atoms with E-state index >= 15 is 0 Å². The van der Waals surface area contributed by atoms with Crippen LogP contribution in [0.2, 0.25) is 10.0 Å². The largest absolute Gasteiger partial charge is 0.480 e. The molecule has 0 spiro atoms. The van der Waals surface area contributed by atoms with Crippen LogP contribution in [-0.4, -0.2) is 63.3 Å². The van der Waals surface area contributed by atoms with Crippen LogP contribution in [0.25, 0.3) is 9.69 Å². The van der Waals surface area contributed by atoms with Crippen molar-refractivity contribution in [2.75, 3.05) is 10.6 Å². The van der Waals surface area contributed by atoms with E-state index in [4.69, 9.17) is 57.8 Å². The van der Waals surface area contributed by atoms with E-state index in [1.165, 1.54) is 50.2 Å². The standard InChI is InChI=1S/C21H20ClN5O3.C13H15ClN2O3.C8H7N3O/c1-4-15-16(9-10-17(24-3)18(15)22)25-19(12(2)28)21(30)27-26-20(29)14-7-5-13(11-23)6-8-14;1-4-8-9(5-6-10(15-3)11(8)14)16-12(7(2)17)13(18)19;9-5-6-1-3-7(4-2-6)8(12)11-10/h5-10,12,19,25,28H,4H2,1-2H3,(H,26,29)(H,27,30);5-7,12,16-17H,4H2,1-2H3,(H,18,19);1-4H,10H2,(H,11,12)/t12-,19-;7-,12-;/m11./s1. The maximum Gasteiger partial charge on any atom is 0.328 e. The smallest absolute Gasteiger partial charge is 0.328 e. The monoisotopic (exact) mass is 868 g/mol. The van der Waals surface area contributed by atoms with E-state index in [1.807, 2.05) is 31.4 Å². The normalized spacial score (nSPS) is 11.8. The highest BCUT2D eigenvalue weighted by molar-refractivity contribution is 6.35. The fourth-order valence-corrected chi connectivity index (χ4v) is 5.91. The first-order valence-corrected chi connectivity index (χ1v) is 18.9. The average Bonchev–Trinajstić information content (AvgIpc) is 3.26. The van der Waals surface area contributed by atoms with Gasteiger partial charge in [-0.25, -0.2) is 20.3 Å². The fourth-order valence-electron chi connectivity index (χ4n) is 5.23. The molecule has 19 heteroatoms. The number of carboxylic acid groups (broad SMARTS) is 1. The Kier molecular flexibility index (Phi) is 20.2. The van der Waals surface area contributed by atoms with Gasteiger partial charge in [0.05, 0.1) is 58.7 Å². The molecule has 0 heterocycles. The van der Waals surface area contributed by atoms with Crippen molar-refractivity contribution in [3.63, 3.8) is 0 Å². The lowest BCUT2D eigenvalue weighted by Gasteiger charge is -2.24. The molecule has 0 bridgehead atoms. The lowest BCUT2D eigenvalue weighted by atomic mass is 10.1. The number of carboxylic acids is 1. The highest BCUT2D eigenvalue weighted by Crippen LogP contribution is 2.36. The van der Waals surface area contributed by atoms with Crippen molar-refractivity contribution >= 4 is 69.6 Å². The Morgan fingerprint density at radius 1 is 0.689 bits per heavy atom. The third kappa shape index (κ3) is 14.2. The van der Waals surface area contributed by atoms with Crippen molar-refractivity contribution in [3.8, 4) is 12.1 Å². The topological polar surface area (TPSA) is 271 Å². The van der Waals surface area contributed by atoms with E-state index in [-0.39, 0.29) is 16.5 Å². The number of nitrogens with zero attached hydrogens (tertiary/aromatic N) is 4. The SMILES string of the molecule is N#Cc1ccc(C(=O)NN)cc1.[C-]#[N+]c1ccc(N[C@@H](C(=O)NNC(=O)c2ccc(C#N)cc2)[C@@H](C)O)c(CC)c1Cl.[C-]#[N+]c1ccc(N[C@@H](C(=O)O)[C@@H](C)O)c(CC)c1Cl. The molecule has 17 nitrogen and oxygen atoms in total. The number of rotatable bonds is 12. The number of halogens is 2. The molecule has 0 unspecified atom stereocenters. The summed E-state index contributed by atoms with van der Waals surface area (Å²) in [5.74, 6) is 2.16. The van der Waals surface area contributed by atoms with E-state index in [0.717, 1.165) is 0 Å². The zero-order valence-electron chi connectivity index (χ0n) is 33.2. The van der Waals surface area contributed by atoms with Gasteiger partial charge < -0.3 is 26.0 Å². The number of carbonyl (C=O) groups excluding carboxylic acids is 3. The summed E-state index contributed by atoms with van der Waals surface area (Å²) in [6.07, 6.45) is -1.09. The van der Waals surface area contributed by atoms with Crippen molar-refractivity contribution < 1.29 is 34.5 Å². The molecule has 0 fully saturated rings. The summed E-state index contributed by atoms with van der Waals surface area (Å²) in [5.41, 5.74) is 11.1. The van der Waals surface area contributed by atoms with Gasteiger partial charge in [-0.3, -0.25) is 30.7 Å². The molecule has 0 radical (unpaired) electrons. The first-order chi connectivity index (χ1) is 29.0. The summed E-state index contributed by atoms with van der Waals surface area (Å²) in [5, 5.41) is 52.1. The third-order valence-electron chi connectivity index (χ3n) is 8.51. The van der Waals surface area contributed by atoms with Crippen LogP contribution in [0.3, 0.4) is 0 Å². The number of aliphatic hydroxyl groups excluding tert-OH is 2. The molecular formula is C42H42Cl2N10O7. The van der Waals surface area contributed by atoms with Gasteiger partial charge in [0.15, 0.2) is 6.04 Å². The van der Waals surface area contributed by atoms with Crippen molar-refractivity contribution in [1.82, 2.24) is 16.3 Å². The second-order valence-corrected chi connectivity index (χ2v) is 13.4. The molecule has 61 heavy (non-hydrogen) atoms. The minimum atomic E-state index is -1.15. The van der Waals surface area contributed by atoms with E-state index in [9.17, 15) is 29.4 Å². The molecule has 3 amide bonds. The van der Waals surface area contributed by atoms with E-state index in [0.29, 0.717) is 68.4 Å². The minimum absolute atomic E-state index is 0.255. The van der Waals surface area contributed by atoms with Gasteiger partial charge in [0.2, 0.25) is 11.4 Å². The number of anilines is 2. The quantitative estimate of drug-likeness (QED) is 0.0353. The Morgan fingerprint density at radius 2 is 1.08 bits per heavy atom. The van der Waals surface area contributed by atoms with Gasteiger partial charge in [0, 0.05) is 22.5 Å². The molecule has 4 atom stereocenters. The summed E-state index contributed by atoms with van der Waals surface area (Å²) >= 11 is 12.3. The first kappa shape index (κ1) is 49.9. The second-order valence-electron chi connectivity index (χ2n) is 12.6. The summed E-state index contributed by atoms with van der Waals surface area (Å²) in [4.78, 5) is 53.3. The summed E-state index contributed by atoms with van der Waals surface area (Å²) in [7, 11) is 0. The van der Waals surface area contributed by atoms with Crippen molar-refractivity contribution in [2.24, 2.45) is 5.84 Å². The number of carbonyl (C=O) groups is 4. The highest BCUT2D eigenvalue weighted by Gasteiger charge is 2.26. The van der Waals surface area contributed by atoms with Crippen molar-refractivity contribution in [3.05, 3.63) is 139 Å². The number of nitrogens with one attached hydrogen (secondary N) is 5. The van der Waals surface area contributed by atoms with Gasteiger partial charge in [-0.1, -0.05) is 49.2 Å². The molecule has 10 N–H and O–H groups in total. The van der Waals surface area contributed by atoms with E-state index < -0.39 is 42.1 Å². The summed E-state index contributed by atoms with van der Waals surface area (Å²) in [6.45, 7) is 20.7. The Labute approximate surface area is 362 Å². The summed E-state index contributed by atoms with van der Waals surface area (Å²) in [6, 6.07) is 20.1. The molecule has 0 aliphatic carbocycles. The van der Waals surface area contributed by atoms with Gasteiger partial charge in [-0.15, -0.1) is 0 Å². The Bertz CT molecular complexity index is 2360. The molecule has 0 saturated heterocycles. The third-order valence-corrected chi connectivity index (χ3v) is 9.36. The van der Waals surface area contributed by atoms with Crippen LogP contribution in [0.5, 0.6) is 0 Å². The molecule has 0 aliphatic heterocycles. The molecule has 0 aromatic heterocycles.